The number of H-pyrrole nitrogens is 1. The summed E-state index contributed by atoms with van der Waals surface area (Å²) in [6, 6.07) is 11.3. The molecule has 3 aromatic rings. The number of carbonyl (C=O) groups is 1. The molecule has 26 heavy (non-hydrogen) atoms. The Labute approximate surface area is 148 Å². The Morgan fingerprint density at radius 2 is 1.73 bits per heavy atom. The van der Waals surface area contributed by atoms with E-state index in [2.05, 4.69) is 9.72 Å². The molecule has 134 valence electrons. The van der Waals surface area contributed by atoms with Crippen molar-refractivity contribution < 1.29 is 27.8 Å². The average molecular weight is 381 g/mol. The molecule has 1 heterocycles. The first-order chi connectivity index (χ1) is 12.2. The molecule has 3 rings (SSSR count). The van der Waals surface area contributed by atoms with E-state index in [1.807, 2.05) is 0 Å². The second-order valence-corrected chi connectivity index (χ2v) is 6.21. The zero-order chi connectivity index (χ0) is 18.9. The molecule has 1 aromatic heterocycles. The van der Waals surface area contributed by atoms with Gasteiger partial charge in [0.2, 0.25) is 0 Å². The van der Waals surface area contributed by atoms with Crippen molar-refractivity contribution in [1.29, 1.82) is 0 Å². The summed E-state index contributed by atoms with van der Waals surface area (Å²) in [6.45, 7) is 0. The molecular weight excluding hydrogens is 371 g/mol. The van der Waals surface area contributed by atoms with E-state index in [0.29, 0.717) is 15.8 Å². The molecule has 0 atom stereocenters. The first kappa shape index (κ1) is 17.9. The lowest BCUT2D eigenvalue weighted by Gasteiger charge is -2.10. The van der Waals surface area contributed by atoms with Gasteiger partial charge in [0.25, 0.3) is 5.56 Å². The molecule has 0 spiro atoms. The van der Waals surface area contributed by atoms with Gasteiger partial charge in [-0.3, -0.25) is 4.79 Å². The molecule has 2 aromatic carbocycles. The monoisotopic (exact) mass is 381 g/mol. The number of aromatic nitrogens is 1. The number of hydrogen-bond donors (Lipinski definition) is 2. The van der Waals surface area contributed by atoms with Crippen LogP contribution >= 0.6 is 11.8 Å². The number of nitrogens with one attached hydrogen (secondary N) is 1. The van der Waals surface area contributed by atoms with Crippen molar-refractivity contribution in [2.24, 2.45) is 0 Å². The minimum atomic E-state index is -4.80. The van der Waals surface area contributed by atoms with Gasteiger partial charge in [-0.05, 0) is 30.3 Å². The lowest BCUT2D eigenvalue weighted by molar-refractivity contribution is -0.274. The molecule has 0 radical (unpaired) electrons. The number of carboxylic acid groups (broad SMARTS) is 1. The Hall–Kier alpha value is -2.94. The van der Waals surface area contributed by atoms with Gasteiger partial charge >= 0.3 is 12.3 Å². The highest BCUT2D eigenvalue weighted by molar-refractivity contribution is 7.99. The summed E-state index contributed by atoms with van der Waals surface area (Å²) < 4.78 is 40.4. The fraction of sp³-hybridized carbons (Fsp3) is 0.0588. The normalized spacial score (nSPS) is 11.5. The fourth-order valence-corrected chi connectivity index (χ4v) is 3.31. The summed E-state index contributed by atoms with van der Waals surface area (Å²) in [7, 11) is 0. The van der Waals surface area contributed by atoms with E-state index >= 15 is 0 Å². The standard InChI is InChI=1S/C17H10F3NO4S/c18-17(19,20)25-9-5-7-10(8-6-9)26-14-13(16(23)24)11-3-1-2-4-12(11)21-15(14)22/h1-8H,(H,21,22)(H,23,24). The van der Waals surface area contributed by atoms with Crippen LogP contribution in [0.4, 0.5) is 13.2 Å². The van der Waals surface area contributed by atoms with Gasteiger partial charge in [0, 0.05) is 15.8 Å². The van der Waals surface area contributed by atoms with E-state index in [9.17, 15) is 27.9 Å². The van der Waals surface area contributed by atoms with Crippen LogP contribution in [0.1, 0.15) is 10.4 Å². The van der Waals surface area contributed by atoms with Gasteiger partial charge in [0.1, 0.15) is 5.75 Å². The predicted octanol–water partition coefficient (Wildman–Crippen LogP) is 4.28. The van der Waals surface area contributed by atoms with E-state index in [0.717, 1.165) is 23.9 Å². The van der Waals surface area contributed by atoms with E-state index in [1.165, 1.54) is 12.1 Å². The van der Waals surface area contributed by atoms with Crippen LogP contribution < -0.4 is 10.3 Å². The molecule has 0 bridgehead atoms. The molecule has 2 N–H and O–H groups in total. The Bertz CT molecular complexity index is 1030. The third kappa shape index (κ3) is 3.83. The van der Waals surface area contributed by atoms with Gasteiger partial charge in [-0.15, -0.1) is 13.2 Å². The van der Waals surface area contributed by atoms with Gasteiger partial charge in [0.15, 0.2) is 0 Å². The van der Waals surface area contributed by atoms with Crippen molar-refractivity contribution in [2.75, 3.05) is 0 Å². The number of pyridine rings is 1. The number of ether oxygens (including phenoxy) is 1. The molecule has 9 heteroatoms. The first-order valence-electron chi connectivity index (χ1n) is 7.16. The number of para-hydroxylation sites is 1. The number of halogens is 3. The summed E-state index contributed by atoms with van der Waals surface area (Å²) in [4.78, 5) is 26.9. The quantitative estimate of drug-likeness (QED) is 0.705. The lowest BCUT2D eigenvalue weighted by atomic mass is 10.1. The Morgan fingerprint density at radius 1 is 1.08 bits per heavy atom. The summed E-state index contributed by atoms with van der Waals surface area (Å²) in [5.41, 5.74) is -0.375. The van der Waals surface area contributed by atoms with Crippen LogP contribution in [-0.4, -0.2) is 22.4 Å². The zero-order valence-electron chi connectivity index (χ0n) is 12.8. The number of hydrogen-bond acceptors (Lipinski definition) is 4. The maximum Gasteiger partial charge on any atom is 0.573 e. The zero-order valence-corrected chi connectivity index (χ0v) is 13.6. The number of benzene rings is 2. The predicted molar refractivity (Wildman–Crippen MR) is 88.8 cm³/mol. The molecule has 5 nitrogen and oxygen atoms in total. The Balaban J connectivity index is 2.01. The molecule has 0 unspecified atom stereocenters. The maximum absolute atomic E-state index is 12.3. The van der Waals surface area contributed by atoms with Crippen LogP contribution in [0.15, 0.2) is 63.1 Å². The molecule has 0 fully saturated rings. The summed E-state index contributed by atoms with van der Waals surface area (Å²) in [5, 5.41) is 9.89. The molecule has 0 saturated heterocycles. The van der Waals surface area contributed by atoms with Crippen LogP contribution in [0.3, 0.4) is 0 Å². The lowest BCUT2D eigenvalue weighted by Crippen LogP contribution is -2.17. The Morgan fingerprint density at radius 3 is 2.35 bits per heavy atom. The summed E-state index contributed by atoms with van der Waals surface area (Å²) in [6.07, 6.45) is -4.80. The van der Waals surface area contributed by atoms with E-state index < -0.39 is 23.6 Å². The maximum atomic E-state index is 12.3. The van der Waals surface area contributed by atoms with Crippen LogP contribution in [0.2, 0.25) is 0 Å². The van der Waals surface area contributed by atoms with Crippen molar-refractivity contribution in [1.82, 2.24) is 4.98 Å². The van der Waals surface area contributed by atoms with E-state index in [1.54, 1.807) is 24.3 Å². The molecular formula is C17H10F3NO4S. The topological polar surface area (TPSA) is 79.4 Å². The minimum absolute atomic E-state index is 0.0549. The Kier molecular flexibility index (Phi) is 4.64. The third-order valence-corrected chi connectivity index (χ3v) is 4.47. The minimum Gasteiger partial charge on any atom is -0.478 e. The molecule has 0 aliphatic heterocycles. The van der Waals surface area contributed by atoms with Gasteiger partial charge < -0.3 is 14.8 Å². The highest BCUT2D eigenvalue weighted by Crippen LogP contribution is 2.33. The number of alkyl halides is 3. The molecule has 0 aliphatic carbocycles. The largest absolute Gasteiger partial charge is 0.573 e. The number of rotatable bonds is 4. The molecule has 0 amide bonds. The van der Waals surface area contributed by atoms with Crippen molar-refractivity contribution in [2.45, 2.75) is 16.2 Å². The smallest absolute Gasteiger partial charge is 0.478 e. The molecule has 0 aliphatic rings. The van der Waals surface area contributed by atoms with Gasteiger partial charge in [-0.2, -0.15) is 0 Å². The van der Waals surface area contributed by atoms with Gasteiger partial charge in [0.05, 0.1) is 10.5 Å². The van der Waals surface area contributed by atoms with Gasteiger partial charge in [-0.1, -0.05) is 30.0 Å². The van der Waals surface area contributed by atoms with Crippen molar-refractivity contribution in [3.05, 3.63) is 64.4 Å². The fourth-order valence-electron chi connectivity index (χ4n) is 2.36. The highest BCUT2D eigenvalue weighted by atomic mass is 32.2. The number of carboxylic acids is 1. The van der Waals surface area contributed by atoms with Crippen LogP contribution in [-0.2, 0) is 0 Å². The number of aromatic amines is 1. The third-order valence-electron chi connectivity index (χ3n) is 3.37. The van der Waals surface area contributed by atoms with E-state index in [-0.39, 0.29) is 10.5 Å². The number of aromatic carboxylic acids is 1. The van der Waals surface area contributed by atoms with Crippen LogP contribution in [0.25, 0.3) is 10.9 Å². The van der Waals surface area contributed by atoms with Crippen molar-refractivity contribution in [3.63, 3.8) is 0 Å². The van der Waals surface area contributed by atoms with Gasteiger partial charge in [-0.25, -0.2) is 4.79 Å². The summed E-state index contributed by atoms with van der Waals surface area (Å²) in [5.74, 6) is -1.68. The first-order valence-corrected chi connectivity index (χ1v) is 7.98. The second-order valence-electron chi connectivity index (χ2n) is 5.13. The van der Waals surface area contributed by atoms with Crippen LogP contribution in [0, 0.1) is 0 Å². The van der Waals surface area contributed by atoms with E-state index in [4.69, 9.17) is 0 Å². The average Bonchev–Trinajstić information content (AvgIpc) is 2.55. The summed E-state index contributed by atoms with van der Waals surface area (Å²) >= 11 is 0.849. The second kappa shape index (κ2) is 6.75. The number of fused-ring (bicyclic) bond motifs is 1. The van der Waals surface area contributed by atoms with Crippen LogP contribution in [0.5, 0.6) is 5.75 Å². The van der Waals surface area contributed by atoms with Crippen molar-refractivity contribution >= 4 is 28.6 Å². The SMILES string of the molecule is O=C(O)c1c(Sc2ccc(OC(F)(F)F)cc2)c(=O)[nH]c2ccccc12. The molecule has 0 saturated carbocycles. The van der Waals surface area contributed by atoms with Crippen molar-refractivity contribution in [3.8, 4) is 5.75 Å². The highest BCUT2D eigenvalue weighted by Gasteiger charge is 2.31.